The second-order valence-electron chi connectivity index (χ2n) is 7.60. The highest BCUT2D eigenvalue weighted by Crippen LogP contribution is 2.36. The number of carbonyl (C=O) groups is 2. The summed E-state index contributed by atoms with van der Waals surface area (Å²) in [6.07, 6.45) is 0.481. The highest BCUT2D eigenvalue weighted by molar-refractivity contribution is 5.92. The minimum Gasteiger partial charge on any atom is -0.445 e. The summed E-state index contributed by atoms with van der Waals surface area (Å²) < 4.78 is 16.2. The third kappa shape index (κ3) is 4.94. The largest absolute Gasteiger partial charge is 0.445 e. The second-order valence-corrected chi connectivity index (χ2v) is 7.60. The van der Waals surface area contributed by atoms with Crippen molar-refractivity contribution in [3.05, 3.63) is 35.9 Å². The summed E-state index contributed by atoms with van der Waals surface area (Å²) >= 11 is 0. The third-order valence-corrected chi connectivity index (χ3v) is 3.98. The van der Waals surface area contributed by atoms with E-state index in [1.807, 2.05) is 51.1 Å². The monoisotopic (exact) mass is 363 g/mol. The SMILES string of the molecule is CC(C)(C)OC1(NNC(=O)C2(NC(=O)OCc3ccccc3)CC2)CO1. The minimum absolute atomic E-state index is 0.152. The Labute approximate surface area is 152 Å². The van der Waals surface area contributed by atoms with Crippen LogP contribution < -0.4 is 16.2 Å². The predicted molar refractivity (Wildman–Crippen MR) is 92.5 cm³/mol. The Bertz CT molecular complexity index is 663. The fraction of sp³-hybridized carbons (Fsp3) is 0.556. The maximum Gasteiger partial charge on any atom is 0.408 e. The molecule has 1 saturated carbocycles. The molecule has 1 aliphatic heterocycles. The van der Waals surface area contributed by atoms with Crippen LogP contribution >= 0.6 is 0 Å². The van der Waals surface area contributed by atoms with Gasteiger partial charge in [-0.1, -0.05) is 30.3 Å². The van der Waals surface area contributed by atoms with E-state index >= 15 is 0 Å². The average molecular weight is 363 g/mol. The molecule has 1 unspecified atom stereocenters. The van der Waals surface area contributed by atoms with Crippen molar-refractivity contribution >= 4 is 12.0 Å². The zero-order chi connectivity index (χ0) is 18.8. The van der Waals surface area contributed by atoms with Gasteiger partial charge >= 0.3 is 6.09 Å². The molecule has 0 radical (unpaired) electrons. The fourth-order valence-corrected chi connectivity index (χ4v) is 2.48. The van der Waals surface area contributed by atoms with Crippen LogP contribution in [-0.4, -0.2) is 35.7 Å². The molecule has 0 spiro atoms. The highest BCUT2D eigenvalue weighted by Gasteiger charge is 2.54. The average Bonchev–Trinajstić information content (AvgIpc) is 3.49. The van der Waals surface area contributed by atoms with Crippen molar-refractivity contribution < 1.29 is 23.8 Å². The summed E-state index contributed by atoms with van der Waals surface area (Å²) in [6, 6.07) is 9.35. The van der Waals surface area contributed by atoms with Crippen molar-refractivity contribution in [2.24, 2.45) is 0 Å². The molecule has 1 aromatic carbocycles. The van der Waals surface area contributed by atoms with E-state index in [1.54, 1.807) is 0 Å². The molecule has 3 rings (SSSR count). The van der Waals surface area contributed by atoms with E-state index in [-0.39, 0.29) is 12.5 Å². The third-order valence-electron chi connectivity index (χ3n) is 3.98. The van der Waals surface area contributed by atoms with Crippen LogP contribution in [-0.2, 0) is 25.6 Å². The first-order valence-electron chi connectivity index (χ1n) is 8.63. The molecule has 1 aromatic rings. The van der Waals surface area contributed by atoms with Crippen molar-refractivity contribution in [2.45, 2.75) is 57.3 Å². The van der Waals surface area contributed by atoms with Gasteiger partial charge in [-0.05, 0) is 39.2 Å². The first-order chi connectivity index (χ1) is 12.2. The molecule has 142 valence electrons. The number of nitrogens with one attached hydrogen (secondary N) is 3. The molecule has 1 saturated heterocycles. The van der Waals surface area contributed by atoms with Gasteiger partial charge in [0, 0.05) is 0 Å². The second kappa shape index (κ2) is 6.86. The molecule has 8 heteroatoms. The Morgan fingerprint density at radius 3 is 2.38 bits per heavy atom. The number of hydrogen-bond acceptors (Lipinski definition) is 6. The molecule has 1 heterocycles. The molecule has 0 aromatic heterocycles. The number of amides is 2. The lowest BCUT2D eigenvalue weighted by atomic mass is 10.2. The Hall–Kier alpha value is -2.16. The van der Waals surface area contributed by atoms with Crippen LogP contribution in [0.4, 0.5) is 4.79 Å². The molecule has 8 nitrogen and oxygen atoms in total. The zero-order valence-electron chi connectivity index (χ0n) is 15.3. The molecule has 1 aliphatic carbocycles. The summed E-state index contributed by atoms with van der Waals surface area (Å²) in [5, 5.41) is 2.65. The highest BCUT2D eigenvalue weighted by atomic mass is 16.8. The van der Waals surface area contributed by atoms with Crippen molar-refractivity contribution in [3.63, 3.8) is 0 Å². The maximum atomic E-state index is 12.4. The van der Waals surface area contributed by atoms with Crippen molar-refractivity contribution in [1.29, 1.82) is 0 Å². The van der Waals surface area contributed by atoms with Gasteiger partial charge in [-0.15, -0.1) is 0 Å². The Kier molecular flexibility index (Phi) is 4.92. The minimum atomic E-state index is -1.00. The first-order valence-corrected chi connectivity index (χ1v) is 8.63. The zero-order valence-corrected chi connectivity index (χ0v) is 15.3. The Morgan fingerprint density at radius 2 is 1.85 bits per heavy atom. The lowest BCUT2D eigenvalue weighted by Gasteiger charge is -2.26. The summed E-state index contributed by atoms with van der Waals surface area (Å²) in [7, 11) is 0. The van der Waals surface area contributed by atoms with Crippen molar-refractivity contribution in [3.8, 4) is 0 Å². The number of ether oxygens (including phenoxy) is 3. The number of alkyl carbamates (subject to hydrolysis) is 1. The summed E-state index contributed by atoms with van der Waals surface area (Å²) in [5.74, 6) is -1.35. The van der Waals surface area contributed by atoms with Gasteiger partial charge in [0.25, 0.3) is 11.8 Å². The number of hydrogen-bond donors (Lipinski definition) is 3. The summed E-state index contributed by atoms with van der Waals surface area (Å²) in [5.41, 5.74) is 4.86. The van der Waals surface area contributed by atoms with Crippen LogP contribution in [0.3, 0.4) is 0 Å². The summed E-state index contributed by atoms with van der Waals surface area (Å²) in [6.45, 7) is 6.18. The van der Waals surface area contributed by atoms with Crippen LogP contribution in [0.2, 0.25) is 0 Å². The van der Waals surface area contributed by atoms with Gasteiger partial charge < -0.3 is 19.5 Å². The van der Waals surface area contributed by atoms with Gasteiger partial charge in [-0.2, -0.15) is 5.43 Å². The molecule has 0 bridgehead atoms. The van der Waals surface area contributed by atoms with E-state index in [4.69, 9.17) is 14.2 Å². The van der Waals surface area contributed by atoms with Gasteiger partial charge in [0.1, 0.15) is 18.8 Å². The van der Waals surface area contributed by atoms with Gasteiger partial charge in [-0.25, -0.2) is 4.79 Å². The van der Waals surface area contributed by atoms with Crippen LogP contribution in [0.5, 0.6) is 0 Å². The number of hydrazine groups is 1. The number of epoxide rings is 1. The van der Waals surface area contributed by atoms with Crippen LogP contribution in [0.1, 0.15) is 39.2 Å². The molecular formula is C18H25N3O5. The van der Waals surface area contributed by atoms with Crippen LogP contribution in [0.15, 0.2) is 30.3 Å². The van der Waals surface area contributed by atoms with E-state index in [1.165, 1.54) is 0 Å². The number of rotatable bonds is 7. The van der Waals surface area contributed by atoms with E-state index in [0.717, 1.165) is 5.56 Å². The topological polar surface area (TPSA) is 101 Å². The van der Waals surface area contributed by atoms with E-state index < -0.39 is 23.1 Å². The quantitative estimate of drug-likeness (QED) is 0.386. The molecule has 1 atom stereocenters. The molecule has 3 N–H and O–H groups in total. The molecule has 2 aliphatic rings. The van der Waals surface area contributed by atoms with Gasteiger partial charge in [0.2, 0.25) is 0 Å². The Balaban J connectivity index is 1.45. The van der Waals surface area contributed by atoms with E-state index in [9.17, 15) is 9.59 Å². The van der Waals surface area contributed by atoms with Crippen molar-refractivity contribution in [1.82, 2.24) is 16.2 Å². The van der Waals surface area contributed by atoms with Gasteiger partial charge in [0.15, 0.2) is 0 Å². The molecule has 26 heavy (non-hydrogen) atoms. The molecule has 2 fully saturated rings. The Morgan fingerprint density at radius 1 is 1.19 bits per heavy atom. The summed E-state index contributed by atoms with van der Waals surface area (Å²) in [4.78, 5) is 24.4. The number of benzene rings is 1. The molecular weight excluding hydrogens is 338 g/mol. The smallest absolute Gasteiger partial charge is 0.408 e. The van der Waals surface area contributed by atoms with Gasteiger partial charge in [-0.3, -0.25) is 10.2 Å². The number of carbonyl (C=O) groups excluding carboxylic acids is 2. The van der Waals surface area contributed by atoms with Crippen LogP contribution in [0, 0.1) is 0 Å². The van der Waals surface area contributed by atoms with E-state index in [2.05, 4.69) is 16.2 Å². The molecule has 2 amide bonds. The van der Waals surface area contributed by atoms with Crippen LogP contribution in [0.25, 0.3) is 0 Å². The van der Waals surface area contributed by atoms with Gasteiger partial charge in [0.05, 0.1) is 5.60 Å². The van der Waals surface area contributed by atoms with E-state index in [0.29, 0.717) is 19.4 Å². The first kappa shape index (κ1) is 18.6. The maximum absolute atomic E-state index is 12.4. The lowest BCUT2D eigenvalue weighted by Crippen LogP contribution is -2.57. The lowest BCUT2D eigenvalue weighted by molar-refractivity contribution is -0.156. The standard InChI is InChI=1S/C18H25N3O5/c1-16(2,3)26-18(12-25-18)21-20-14(22)17(9-10-17)19-15(23)24-11-13-7-5-4-6-8-13/h4-8,21H,9-12H2,1-3H3,(H,19,23)(H,20,22). The fourth-order valence-electron chi connectivity index (χ4n) is 2.48. The van der Waals surface area contributed by atoms with Crippen molar-refractivity contribution in [2.75, 3.05) is 6.61 Å². The normalized spacial score (nSPS) is 23.0. The predicted octanol–water partition coefficient (Wildman–Crippen LogP) is 1.57.